The fourth-order valence-electron chi connectivity index (χ4n) is 2.42. The van der Waals surface area contributed by atoms with E-state index in [9.17, 15) is 9.59 Å². The van der Waals surface area contributed by atoms with Crippen molar-refractivity contribution in [1.82, 2.24) is 15.2 Å². The molecule has 0 unspecified atom stereocenters. The summed E-state index contributed by atoms with van der Waals surface area (Å²) in [7, 11) is 1.57. The van der Waals surface area contributed by atoms with Crippen LogP contribution in [0.4, 0.5) is 0 Å². The van der Waals surface area contributed by atoms with Gasteiger partial charge in [0.25, 0.3) is 0 Å². The highest BCUT2D eigenvalue weighted by molar-refractivity contribution is 5.90. The van der Waals surface area contributed by atoms with E-state index in [0.717, 1.165) is 12.1 Å². The second kappa shape index (κ2) is 7.70. The maximum absolute atomic E-state index is 12.0. The molecule has 2 amide bonds. The number of likely N-dealkylation sites (N-methyl/N-ethyl adjacent to an activating group) is 1. The SMILES string of the molecule is C=CC(=O)N(C)CC(=O)N[C@@H]1CCO[C@@H](c2ccccn2)C1. The molecule has 6 nitrogen and oxygen atoms in total. The first-order valence-electron chi connectivity index (χ1n) is 7.29. The monoisotopic (exact) mass is 303 g/mol. The highest BCUT2D eigenvalue weighted by Crippen LogP contribution is 2.26. The molecule has 2 rings (SSSR count). The van der Waals surface area contributed by atoms with Crippen molar-refractivity contribution < 1.29 is 14.3 Å². The van der Waals surface area contributed by atoms with Crippen molar-refractivity contribution in [2.75, 3.05) is 20.2 Å². The largest absolute Gasteiger partial charge is 0.372 e. The zero-order valence-corrected chi connectivity index (χ0v) is 12.7. The molecule has 0 radical (unpaired) electrons. The number of hydrogen-bond acceptors (Lipinski definition) is 4. The predicted molar refractivity (Wildman–Crippen MR) is 81.9 cm³/mol. The molecule has 0 aliphatic carbocycles. The van der Waals surface area contributed by atoms with Gasteiger partial charge < -0.3 is 15.0 Å². The minimum atomic E-state index is -0.270. The molecule has 22 heavy (non-hydrogen) atoms. The van der Waals surface area contributed by atoms with Crippen LogP contribution in [0.25, 0.3) is 0 Å². The first-order chi connectivity index (χ1) is 10.6. The van der Waals surface area contributed by atoms with Gasteiger partial charge in [0, 0.05) is 25.9 Å². The summed E-state index contributed by atoms with van der Waals surface area (Å²) in [5, 5.41) is 2.95. The highest BCUT2D eigenvalue weighted by atomic mass is 16.5. The van der Waals surface area contributed by atoms with Gasteiger partial charge in [0.05, 0.1) is 12.2 Å². The lowest BCUT2D eigenvalue weighted by molar-refractivity contribution is -0.132. The fraction of sp³-hybridized carbons (Fsp3) is 0.438. The Balaban J connectivity index is 1.86. The third-order valence-electron chi connectivity index (χ3n) is 3.60. The van der Waals surface area contributed by atoms with Crippen LogP contribution in [-0.4, -0.2) is 47.9 Å². The Bertz CT molecular complexity index is 533. The van der Waals surface area contributed by atoms with Crippen molar-refractivity contribution >= 4 is 11.8 Å². The minimum Gasteiger partial charge on any atom is -0.372 e. The van der Waals surface area contributed by atoms with E-state index in [0.29, 0.717) is 13.0 Å². The van der Waals surface area contributed by atoms with Gasteiger partial charge in [0.1, 0.15) is 6.10 Å². The molecule has 0 bridgehead atoms. The maximum Gasteiger partial charge on any atom is 0.246 e. The number of carbonyl (C=O) groups is 2. The maximum atomic E-state index is 12.0. The van der Waals surface area contributed by atoms with Gasteiger partial charge in [0.15, 0.2) is 0 Å². The van der Waals surface area contributed by atoms with Crippen LogP contribution in [0.1, 0.15) is 24.6 Å². The zero-order chi connectivity index (χ0) is 15.9. The number of carbonyl (C=O) groups excluding carboxylic acids is 2. The summed E-state index contributed by atoms with van der Waals surface area (Å²) < 4.78 is 5.72. The van der Waals surface area contributed by atoms with Crippen LogP contribution in [0.3, 0.4) is 0 Å². The Morgan fingerprint density at radius 3 is 3.05 bits per heavy atom. The summed E-state index contributed by atoms with van der Waals surface area (Å²) in [5.41, 5.74) is 0.875. The predicted octanol–water partition coefficient (Wildman–Crippen LogP) is 1.06. The lowest BCUT2D eigenvalue weighted by Crippen LogP contribution is -2.44. The second-order valence-electron chi connectivity index (χ2n) is 5.30. The molecule has 2 atom stereocenters. The van der Waals surface area contributed by atoms with Gasteiger partial charge in [-0.3, -0.25) is 14.6 Å². The molecule has 1 fully saturated rings. The van der Waals surface area contributed by atoms with Crippen LogP contribution in [0.2, 0.25) is 0 Å². The number of aromatic nitrogens is 1. The first kappa shape index (κ1) is 16.2. The van der Waals surface area contributed by atoms with Gasteiger partial charge in [0.2, 0.25) is 11.8 Å². The third-order valence-corrected chi connectivity index (χ3v) is 3.60. The van der Waals surface area contributed by atoms with Crippen LogP contribution in [0.5, 0.6) is 0 Å². The van der Waals surface area contributed by atoms with Gasteiger partial charge in [-0.05, 0) is 31.1 Å². The van der Waals surface area contributed by atoms with Crippen molar-refractivity contribution in [2.45, 2.75) is 25.0 Å². The van der Waals surface area contributed by atoms with Crippen molar-refractivity contribution in [1.29, 1.82) is 0 Å². The number of nitrogens with zero attached hydrogens (tertiary/aromatic N) is 2. The highest BCUT2D eigenvalue weighted by Gasteiger charge is 2.26. The van der Waals surface area contributed by atoms with E-state index in [1.807, 2.05) is 18.2 Å². The zero-order valence-electron chi connectivity index (χ0n) is 12.7. The Labute approximate surface area is 130 Å². The molecular formula is C16H21N3O3. The quantitative estimate of drug-likeness (QED) is 0.826. The second-order valence-corrected chi connectivity index (χ2v) is 5.30. The van der Waals surface area contributed by atoms with E-state index in [1.165, 1.54) is 11.0 Å². The first-order valence-corrected chi connectivity index (χ1v) is 7.29. The molecule has 1 aliphatic heterocycles. The summed E-state index contributed by atoms with van der Waals surface area (Å²) in [6, 6.07) is 5.73. The molecule has 2 heterocycles. The lowest BCUT2D eigenvalue weighted by Gasteiger charge is -2.30. The number of nitrogens with one attached hydrogen (secondary N) is 1. The van der Waals surface area contributed by atoms with Crippen molar-refractivity contribution in [3.8, 4) is 0 Å². The van der Waals surface area contributed by atoms with Crippen LogP contribution in [0.15, 0.2) is 37.1 Å². The minimum absolute atomic E-state index is 0.0243. The van der Waals surface area contributed by atoms with E-state index >= 15 is 0 Å². The van der Waals surface area contributed by atoms with Gasteiger partial charge in [-0.15, -0.1) is 0 Å². The van der Waals surface area contributed by atoms with E-state index in [2.05, 4.69) is 16.9 Å². The molecule has 1 N–H and O–H groups in total. The Morgan fingerprint density at radius 2 is 2.36 bits per heavy atom. The third kappa shape index (κ3) is 4.39. The van der Waals surface area contributed by atoms with Crippen molar-refractivity contribution in [3.63, 3.8) is 0 Å². The smallest absolute Gasteiger partial charge is 0.246 e. The summed E-state index contributed by atoms with van der Waals surface area (Å²) in [4.78, 5) is 29.0. The van der Waals surface area contributed by atoms with Crippen molar-refractivity contribution in [2.24, 2.45) is 0 Å². The van der Waals surface area contributed by atoms with Gasteiger partial charge >= 0.3 is 0 Å². The summed E-state index contributed by atoms with van der Waals surface area (Å²) in [5.74, 6) is -0.446. The fourth-order valence-corrected chi connectivity index (χ4v) is 2.42. The number of pyridine rings is 1. The lowest BCUT2D eigenvalue weighted by atomic mass is 10.0. The van der Waals surface area contributed by atoms with E-state index in [1.54, 1.807) is 13.2 Å². The Kier molecular flexibility index (Phi) is 5.66. The molecule has 1 saturated heterocycles. The standard InChI is InChI=1S/C16H21N3O3/c1-3-16(21)19(2)11-15(20)18-12-7-9-22-14(10-12)13-6-4-5-8-17-13/h3-6,8,12,14H,1,7,9-11H2,2H3,(H,18,20)/t12-,14-/m1/s1. The Hall–Kier alpha value is -2.21. The molecule has 6 heteroatoms. The van der Waals surface area contributed by atoms with Crippen molar-refractivity contribution in [3.05, 3.63) is 42.7 Å². The molecule has 0 spiro atoms. The van der Waals surface area contributed by atoms with E-state index in [4.69, 9.17) is 4.74 Å². The van der Waals surface area contributed by atoms with Gasteiger partial charge in [-0.25, -0.2) is 0 Å². The van der Waals surface area contributed by atoms with E-state index in [-0.39, 0.29) is 30.5 Å². The number of amides is 2. The van der Waals surface area contributed by atoms with Gasteiger partial charge in [-0.2, -0.15) is 0 Å². The van der Waals surface area contributed by atoms with E-state index < -0.39 is 0 Å². The molecule has 1 aromatic rings. The summed E-state index contributed by atoms with van der Waals surface area (Å²) in [6.45, 7) is 4.00. The molecule has 118 valence electrons. The average Bonchev–Trinajstić information content (AvgIpc) is 2.55. The molecular weight excluding hydrogens is 282 g/mol. The van der Waals surface area contributed by atoms with Gasteiger partial charge in [-0.1, -0.05) is 12.6 Å². The topological polar surface area (TPSA) is 71.5 Å². The number of ether oxygens (including phenoxy) is 1. The van der Waals surface area contributed by atoms with Crippen LogP contribution < -0.4 is 5.32 Å². The number of hydrogen-bond donors (Lipinski definition) is 1. The average molecular weight is 303 g/mol. The summed E-state index contributed by atoms with van der Waals surface area (Å²) >= 11 is 0. The molecule has 0 aromatic carbocycles. The van der Waals surface area contributed by atoms with Crippen LogP contribution >= 0.6 is 0 Å². The molecule has 1 aromatic heterocycles. The van der Waals surface area contributed by atoms with Crippen LogP contribution in [-0.2, 0) is 14.3 Å². The molecule has 0 saturated carbocycles. The molecule has 1 aliphatic rings. The Morgan fingerprint density at radius 1 is 1.55 bits per heavy atom. The summed E-state index contributed by atoms with van der Waals surface area (Å²) in [6.07, 6.45) is 4.26. The normalized spacial score (nSPS) is 21.0. The number of rotatable bonds is 5. The van der Waals surface area contributed by atoms with Crippen LogP contribution in [0, 0.1) is 0 Å².